The molecule has 12 heavy (non-hydrogen) atoms. The topological polar surface area (TPSA) is 53.9 Å². The largest absolute Gasteiger partial charge is 0.394 e. The minimum Gasteiger partial charge on any atom is -0.394 e. The van der Waals surface area contributed by atoms with Gasteiger partial charge in [-0.3, -0.25) is 0 Å². The lowest BCUT2D eigenvalue weighted by molar-refractivity contribution is 0.118. The number of nitrogens with one attached hydrogen (secondary N) is 1. The van der Waals surface area contributed by atoms with Crippen LogP contribution in [-0.2, 0) is 4.84 Å². The lowest BCUT2D eigenvalue weighted by atomic mass is 10.2. The number of aliphatic hydroxyl groups excluding tert-OH is 1. The molecule has 1 rings (SSSR count). The smallest absolute Gasteiger partial charge is 0.132 e. The number of oxime groups is 1. The summed E-state index contributed by atoms with van der Waals surface area (Å²) in [5.74, 6) is 0. The van der Waals surface area contributed by atoms with Gasteiger partial charge < -0.3 is 15.3 Å². The van der Waals surface area contributed by atoms with E-state index in [0.29, 0.717) is 13.2 Å². The van der Waals surface area contributed by atoms with Crippen LogP contribution in [0.3, 0.4) is 0 Å². The maximum Gasteiger partial charge on any atom is 0.132 e. The highest BCUT2D eigenvalue weighted by Gasteiger charge is 2.22. The summed E-state index contributed by atoms with van der Waals surface area (Å²) in [5, 5.41) is 16.1. The molecule has 1 saturated heterocycles. The van der Waals surface area contributed by atoms with Crippen LogP contribution in [0.4, 0.5) is 0 Å². The lowest BCUT2D eigenvalue weighted by Crippen LogP contribution is -2.25. The zero-order valence-electron chi connectivity index (χ0n) is 7.58. The second kappa shape index (κ2) is 4.42. The van der Waals surface area contributed by atoms with Gasteiger partial charge in [-0.1, -0.05) is 5.16 Å². The molecule has 0 aromatic heterocycles. The van der Waals surface area contributed by atoms with Crippen LogP contribution in [0.15, 0.2) is 5.16 Å². The number of aliphatic hydroxyl groups is 1. The van der Waals surface area contributed by atoms with Crippen LogP contribution in [0.1, 0.15) is 20.3 Å². The second-order valence-electron chi connectivity index (χ2n) is 3.33. The Balaban J connectivity index is 2.12. The molecule has 2 atom stereocenters. The molecular weight excluding hydrogens is 156 g/mol. The highest BCUT2D eigenvalue weighted by molar-refractivity contribution is 5.78. The van der Waals surface area contributed by atoms with Crippen molar-refractivity contribution in [2.75, 3.05) is 13.2 Å². The quantitative estimate of drug-likeness (QED) is 0.469. The van der Waals surface area contributed by atoms with Crippen molar-refractivity contribution >= 4 is 5.71 Å². The van der Waals surface area contributed by atoms with Crippen LogP contribution in [0, 0.1) is 0 Å². The van der Waals surface area contributed by atoms with Gasteiger partial charge in [0, 0.05) is 12.6 Å². The monoisotopic (exact) mass is 172 g/mol. The van der Waals surface area contributed by atoms with Gasteiger partial charge in [0.1, 0.15) is 6.61 Å². The maximum absolute atomic E-state index is 9.15. The molecule has 0 radical (unpaired) electrons. The van der Waals surface area contributed by atoms with Crippen molar-refractivity contribution in [3.05, 3.63) is 0 Å². The molecule has 0 spiro atoms. The first kappa shape index (κ1) is 9.48. The van der Waals surface area contributed by atoms with E-state index >= 15 is 0 Å². The summed E-state index contributed by atoms with van der Waals surface area (Å²) >= 11 is 0. The van der Waals surface area contributed by atoms with Crippen molar-refractivity contribution in [1.82, 2.24) is 5.32 Å². The highest BCUT2D eigenvalue weighted by atomic mass is 16.6. The summed E-state index contributed by atoms with van der Waals surface area (Å²) < 4.78 is 0. The van der Waals surface area contributed by atoms with Crippen LogP contribution >= 0.6 is 0 Å². The van der Waals surface area contributed by atoms with Gasteiger partial charge in [-0.25, -0.2) is 0 Å². The fraction of sp³-hybridized carbons (Fsp3) is 0.875. The van der Waals surface area contributed by atoms with Gasteiger partial charge in [-0.15, -0.1) is 0 Å². The van der Waals surface area contributed by atoms with Gasteiger partial charge in [0.15, 0.2) is 0 Å². The number of rotatable bonds is 3. The van der Waals surface area contributed by atoms with Crippen molar-refractivity contribution in [2.24, 2.45) is 5.16 Å². The summed E-state index contributed by atoms with van der Waals surface area (Å²) in [5.41, 5.74) is 0.911. The Morgan fingerprint density at radius 1 is 1.67 bits per heavy atom. The third-order valence-corrected chi connectivity index (χ3v) is 1.72. The molecule has 0 aromatic rings. The summed E-state index contributed by atoms with van der Waals surface area (Å²) in [4.78, 5) is 5.04. The molecular formula is C8H16N2O2. The number of β-amino-alcohol motifs (C(OH)–C–C–N with tert-alkyl or cyclic N) is 1. The van der Waals surface area contributed by atoms with E-state index in [0.717, 1.165) is 12.1 Å². The first-order valence-corrected chi connectivity index (χ1v) is 4.23. The van der Waals surface area contributed by atoms with Gasteiger partial charge in [-0.05, 0) is 20.3 Å². The van der Waals surface area contributed by atoms with Crippen LogP contribution in [0.2, 0.25) is 0 Å². The summed E-state index contributed by atoms with van der Waals surface area (Å²) in [7, 11) is 0. The lowest BCUT2D eigenvalue weighted by Gasteiger charge is -2.07. The van der Waals surface area contributed by atoms with Crippen LogP contribution in [0.5, 0.6) is 0 Å². The van der Waals surface area contributed by atoms with Gasteiger partial charge in [-0.2, -0.15) is 0 Å². The number of hydrogen-bond acceptors (Lipinski definition) is 4. The standard InChI is InChI=1S/C8H16N2O2/c1-6(2)10-12-5-7-3-8(11)4-9-7/h7-9,11H,3-5H2,1-2H3/t7-,8+/m0/s1. The van der Waals surface area contributed by atoms with E-state index in [1.54, 1.807) is 0 Å². The van der Waals surface area contributed by atoms with Crippen LogP contribution < -0.4 is 5.32 Å². The average molecular weight is 172 g/mol. The third-order valence-electron chi connectivity index (χ3n) is 1.72. The first-order valence-electron chi connectivity index (χ1n) is 4.23. The fourth-order valence-electron chi connectivity index (χ4n) is 1.18. The van der Waals surface area contributed by atoms with Gasteiger partial charge >= 0.3 is 0 Å². The molecule has 0 amide bonds. The zero-order valence-corrected chi connectivity index (χ0v) is 7.58. The molecule has 1 heterocycles. The van der Waals surface area contributed by atoms with Crippen molar-refractivity contribution in [1.29, 1.82) is 0 Å². The highest BCUT2D eigenvalue weighted by Crippen LogP contribution is 2.06. The SMILES string of the molecule is CC(C)=NOC[C@@H]1C[C@@H](O)CN1. The van der Waals surface area contributed by atoms with E-state index in [1.165, 1.54) is 0 Å². The fourth-order valence-corrected chi connectivity index (χ4v) is 1.18. The molecule has 0 aromatic carbocycles. The third kappa shape index (κ3) is 3.19. The Morgan fingerprint density at radius 3 is 2.92 bits per heavy atom. The maximum atomic E-state index is 9.15. The van der Waals surface area contributed by atoms with Crippen LogP contribution in [-0.4, -0.2) is 36.1 Å². The Morgan fingerprint density at radius 2 is 2.42 bits per heavy atom. The Bertz CT molecular complexity index is 166. The Labute approximate surface area is 72.6 Å². The number of hydrogen-bond donors (Lipinski definition) is 2. The predicted octanol–water partition coefficient (Wildman–Crippen LogP) is 0.122. The molecule has 1 aliphatic rings. The van der Waals surface area contributed by atoms with E-state index in [4.69, 9.17) is 9.94 Å². The minimum absolute atomic E-state index is 0.217. The van der Waals surface area contributed by atoms with Crippen molar-refractivity contribution < 1.29 is 9.94 Å². The molecule has 0 saturated carbocycles. The predicted molar refractivity (Wildman–Crippen MR) is 47.1 cm³/mol. The molecule has 1 fully saturated rings. The normalized spacial score (nSPS) is 28.6. The van der Waals surface area contributed by atoms with Crippen LogP contribution in [0.25, 0.3) is 0 Å². The van der Waals surface area contributed by atoms with Gasteiger partial charge in [0.05, 0.1) is 11.8 Å². The average Bonchev–Trinajstić information content (AvgIpc) is 2.35. The van der Waals surface area contributed by atoms with E-state index in [2.05, 4.69) is 10.5 Å². The summed E-state index contributed by atoms with van der Waals surface area (Å²) in [6.07, 6.45) is 0.545. The van der Waals surface area contributed by atoms with E-state index in [9.17, 15) is 0 Å². The number of nitrogens with zero attached hydrogens (tertiary/aromatic N) is 1. The van der Waals surface area contributed by atoms with E-state index < -0.39 is 0 Å². The minimum atomic E-state index is -0.217. The van der Waals surface area contributed by atoms with Crippen molar-refractivity contribution in [2.45, 2.75) is 32.4 Å². The molecule has 0 bridgehead atoms. The second-order valence-corrected chi connectivity index (χ2v) is 3.33. The molecule has 1 aliphatic heterocycles. The molecule has 2 N–H and O–H groups in total. The Kier molecular flexibility index (Phi) is 3.49. The molecule has 0 unspecified atom stereocenters. The Hall–Kier alpha value is -0.610. The molecule has 0 aliphatic carbocycles. The summed E-state index contributed by atoms with van der Waals surface area (Å²) in [6.45, 7) is 4.99. The van der Waals surface area contributed by atoms with Gasteiger partial charge in [0.2, 0.25) is 0 Å². The molecule has 4 nitrogen and oxygen atoms in total. The zero-order chi connectivity index (χ0) is 8.97. The molecule has 70 valence electrons. The summed E-state index contributed by atoms with van der Waals surface area (Å²) in [6, 6.07) is 0.253. The van der Waals surface area contributed by atoms with E-state index in [-0.39, 0.29) is 12.1 Å². The van der Waals surface area contributed by atoms with Gasteiger partial charge in [0.25, 0.3) is 0 Å². The van der Waals surface area contributed by atoms with Crippen molar-refractivity contribution in [3.63, 3.8) is 0 Å². The first-order chi connectivity index (χ1) is 5.68. The molecule has 4 heteroatoms. The van der Waals surface area contributed by atoms with Crippen molar-refractivity contribution in [3.8, 4) is 0 Å². The van der Waals surface area contributed by atoms with E-state index in [1.807, 2.05) is 13.8 Å².